The summed E-state index contributed by atoms with van der Waals surface area (Å²) in [6.45, 7) is 16.8. The molecule has 0 fully saturated rings. The van der Waals surface area contributed by atoms with Crippen LogP contribution in [0, 0.1) is 33.6 Å². The number of hydrogen-bond donors (Lipinski definition) is 1. The lowest BCUT2D eigenvalue weighted by atomic mass is 9.79. The number of hydrogen-bond acceptors (Lipinski definition) is 2. The van der Waals surface area contributed by atoms with Crippen molar-refractivity contribution in [2.45, 2.75) is 47.5 Å². The van der Waals surface area contributed by atoms with Gasteiger partial charge in [-0.05, 0) is 44.7 Å². The van der Waals surface area contributed by atoms with Gasteiger partial charge in [-0.2, -0.15) is 0 Å². The zero-order valence-corrected chi connectivity index (χ0v) is 16.3. The molecule has 0 aliphatic carbocycles. The average molecular weight is 338 g/mol. The maximum absolute atomic E-state index is 10.8. The molecule has 0 aliphatic heterocycles. The molecule has 0 radical (unpaired) electrons. The quantitative estimate of drug-likeness (QED) is 0.657. The van der Waals surface area contributed by atoms with Gasteiger partial charge < -0.3 is 9.84 Å². The third-order valence-electron chi connectivity index (χ3n) is 4.60. The van der Waals surface area contributed by atoms with Crippen molar-refractivity contribution in [3.05, 3.63) is 70.3 Å². The fourth-order valence-electron chi connectivity index (χ4n) is 3.67. The molecule has 2 aromatic rings. The minimum atomic E-state index is 0.0667. The van der Waals surface area contributed by atoms with E-state index in [0.29, 0.717) is 18.3 Å². The molecule has 134 valence electrons. The van der Waals surface area contributed by atoms with Crippen molar-refractivity contribution in [1.29, 1.82) is 0 Å². The molecular formula is C23H30O2. The summed E-state index contributed by atoms with van der Waals surface area (Å²) < 4.78 is 6.03. The Balaban J connectivity index is 2.72. The van der Waals surface area contributed by atoms with Gasteiger partial charge in [-0.3, -0.25) is 0 Å². The highest BCUT2D eigenvalue weighted by molar-refractivity contribution is 5.54. The van der Waals surface area contributed by atoms with Crippen molar-refractivity contribution in [2.75, 3.05) is 6.61 Å². The minimum absolute atomic E-state index is 0.0667. The Bertz CT molecular complexity index is 772. The van der Waals surface area contributed by atoms with Gasteiger partial charge in [0.15, 0.2) is 0 Å². The molecule has 0 saturated carbocycles. The first-order chi connectivity index (χ1) is 11.8. The molecule has 0 aromatic heterocycles. The van der Waals surface area contributed by atoms with Crippen molar-refractivity contribution in [3.8, 4) is 11.5 Å². The maximum atomic E-state index is 10.8. The number of benzene rings is 2. The van der Waals surface area contributed by atoms with Crippen LogP contribution in [-0.2, 0) is 0 Å². The Hall–Kier alpha value is -2.22. The van der Waals surface area contributed by atoms with E-state index in [1.807, 2.05) is 13.0 Å². The van der Waals surface area contributed by atoms with E-state index in [9.17, 15) is 5.11 Å². The van der Waals surface area contributed by atoms with Crippen LogP contribution in [0.25, 0.3) is 0 Å². The van der Waals surface area contributed by atoms with Crippen molar-refractivity contribution >= 4 is 0 Å². The molecule has 2 rings (SSSR count). The monoisotopic (exact) mass is 338 g/mol. The summed E-state index contributed by atoms with van der Waals surface area (Å²) in [6, 6.07) is 8.45. The number of ether oxygens (including phenoxy) is 1. The molecule has 2 nitrogen and oxygen atoms in total. The Kier molecular flexibility index (Phi) is 5.94. The van der Waals surface area contributed by atoms with Crippen LogP contribution in [0.2, 0.25) is 0 Å². The summed E-state index contributed by atoms with van der Waals surface area (Å²) in [5.41, 5.74) is 6.50. The molecule has 0 saturated heterocycles. The summed E-state index contributed by atoms with van der Waals surface area (Å²) in [4.78, 5) is 0. The van der Waals surface area contributed by atoms with E-state index >= 15 is 0 Å². The molecule has 0 amide bonds. The SMILES string of the molecule is C=CCOc1c(C)cc(C)cc1C(c1cc(C)cc(C)c1O)C(C)C. The average Bonchev–Trinajstić information content (AvgIpc) is 2.51. The summed E-state index contributed by atoms with van der Waals surface area (Å²) in [7, 11) is 0. The van der Waals surface area contributed by atoms with Gasteiger partial charge in [0, 0.05) is 17.0 Å². The normalized spacial score (nSPS) is 12.3. The van der Waals surface area contributed by atoms with Crippen LogP contribution in [0.5, 0.6) is 11.5 Å². The molecular weight excluding hydrogens is 308 g/mol. The van der Waals surface area contributed by atoms with Crippen LogP contribution in [0.15, 0.2) is 36.9 Å². The number of phenols is 1. The first-order valence-electron chi connectivity index (χ1n) is 8.91. The van der Waals surface area contributed by atoms with Crippen molar-refractivity contribution < 1.29 is 9.84 Å². The lowest BCUT2D eigenvalue weighted by Gasteiger charge is -2.27. The topological polar surface area (TPSA) is 29.5 Å². The smallest absolute Gasteiger partial charge is 0.126 e. The summed E-state index contributed by atoms with van der Waals surface area (Å²) in [5.74, 6) is 1.68. The van der Waals surface area contributed by atoms with E-state index in [1.54, 1.807) is 6.08 Å². The van der Waals surface area contributed by atoms with Crippen LogP contribution in [0.1, 0.15) is 53.1 Å². The second-order valence-electron chi connectivity index (χ2n) is 7.34. The Morgan fingerprint density at radius 2 is 1.52 bits per heavy atom. The van der Waals surface area contributed by atoms with Gasteiger partial charge in [0.2, 0.25) is 0 Å². The third-order valence-corrected chi connectivity index (χ3v) is 4.60. The predicted octanol–water partition coefficient (Wildman–Crippen LogP) is 5.98. The first kappa shape index (κ1) is 19.1. The second-order valence-corrected chi connectivity index (χ2v) is 7.34. The van der Waals surface area contributed by atoms with E-state index in [1.165, 1.54) is 5.56 Å². The Morgan fingerprint density at radius 1 is 0.960 bits per heavy atom. The molecule has 2 heteroatoms. The number of aromatic hydroxyl groups is 1. The highest BCUT2D eigenvalue weighted by atomic mass is 16.5. The zero-order valence-electron chi connectivity index (χ0n) is 16.3. The zero-order chi connectivity index (χ0) is 18.7. The summed E-state index contributed by atoms with van der Waals surface area (Å²) in [6.07, 6.45) is 1.77. The Morgan fingerprint density at radius 3 is 2.08 bits per heavy atom. The van der Waals surface area contributed by atoms with Crippen LogP contribution >= 0.6 is 0 Å². The van der Waals surface area contributed by atoms with Crippen LogP contribution in [0.3, 0.4) is 0 Å². The molecule has 2 aromatic carbocycles. The molecule has 1 N–H and O–H groups in total. The molecule has 0 bridgehead atoms. The lowest BCUT2D eigenvalue weighted by molar-refractivity contribution is 0.350. The predicted molar refractivity (Wildman–Crippen MR) is 106 cm³/mol. The molecule has 1 atom stereocenters. The highest BCUT2D eigenvalue weighted by Crippen LogP contribution is 2.43. The van der Waals surface area contributed by atoms with Crippen molar-refractivity contribution in [2.24, 2.45) is 5.92 Å². The summed E-state index contributed by atoms with van der Waals surface area (Å²) in [5, 5.41) is 10.8. The molecule has 0 heterocycles. The standard InChI is InChI=1S/C23H30O2/c1-8-9-25-23-18(7)11-16(5)13-20(23)21(14(2)3)19-12-15(4)10-17(6)22(19)24/h8,10-14,21,24H,1,9H2,2-7H3. The van der Waals surface area contributed by atoms with E-state index < -0.39 is 0 Å². The van der Waals surface area contributed by atoms with Gasteiger partial charge in [0.25, 0.3) is 0 Å². The van der Waals surface area contributed by atoms with E-state index in [2.05, 4.69) is 59.4 Å². The van der Waals surface area contributed by atoms with Gasteiger partial charge in [-0.1, -0.05) is 61.9 Å². The number of phenolic OH excluding ortho intramolecular Hbond substituents is 1. The van der Waals surface area contributed by atoms with Crippen molar-refractivity contribution in [3.63, 3.8) is 0 Å². The van der Waals surface area contributed by atoms with Crippen LogP contribution < -0.4 is 4.74 Å². The van der Waals surface area contributed by atoms with Gasteiger partial charge in [0.1, 0.15) is 18.1 Å². The van der Waals surface area contributed by atoms with Gasteiger partial charge in [-0.25, -0.2) is 0 Å². The van der Waals surface area contributed by atoms with Gasteiger partial charge >= 0.3 is 0 Å². The lowest BCUT2D eigenvalue weighted by Crippen LogP contribution is -2.13. The second kappa shape index (κ2) is 7.77. The number of rotatable bonds is 6. The van der Waals surface area contributed by atoms with Crippen molar-refractivity contribution in [1.82, 2.24) is 0 Å². The van der Waals surface area contributed by atoms with Gasteiger partial charge in [0.05, 0.1) is 0 Å². The molecule has 0 aliphatic rings. The molecule has 0 spiro atoms. The first-order valence-corrected chi connectivity index (χ1v) is 8.91. The van der Waals surface area contributed by atoms with E-state index in [4.69, 9.17) is 4.74 Å². The fourth-order valence-corrected chi connectivity index (χ4v) is 3.67. The van der Waals surface area contributed by atoms with E-state index in [0.717, 1.165) is 33.6 Å². The minimum Gasteiger partial charge on any atom is -0.507 e. The van der Waals surface area contributed by atoms with Crippen LogP contribution in [-0.4, -0.2) is 11.7 Å². The molecule has 1 unspecified atom stereocenters. The Labute approximate surface area is 152 Å². The van der Waals surface area contributed by atoms with E-state index in [-0.39, 0.29) is 5.92 Å². The fraction of sp³-hybridized carbons (Fsp3) is 0.391. The number of aryl methyl sites for hydroxylation is 4. The largest absolute Gasteiger partial charge is 0.507 e. The third kappa shape index (κ3) is 4.07. The maximum Gasteiger partial charge on any atom is 0.126 e. The van der Waals surface area contributed by atoms with Crippen LogP contribution in [0.4, 0.5) is 0 Å². The van der Waals surface area contributed by atoms with Gasteiger partial charge in [-0.15, -0.1) is 0 Å². The molecule has 25 heavy (non-hydrogen) atoms. The summed E-state index contributed by atoms with van der Waals surface area (Å²) >= 11 is 0. The highest BCUT2D eigenvalue weighted by Gasteiger charge is 2.26.